The summed E-state index contributed by atoms with van der Waals surface area (Å²) in [5.74, 6) is -0.00685. The fraction of sp³-hybridized carbons (Fsp3) is 0.500. The summed E-state index contributed by atoms with van der Waals surface area (Å²) in [6, 6.07) is 5.32. The lowest BCUT2D eigenvalue weighted by atomic mass is 9.98. The summed E-state index contributed by atoms with van der Waals surface area (Å²) in [5, 5.41) is 20.6. The number of nitrogens with zero attached hydrogens (tertiary/aromatic N) is 3. The number of carbonyl (C=O) groups is 1. The Kier molecular flexibility index (Phi) is 3.17. The summed E-state index contributed by atoms with van der Waals surface area (Å²) >= 11 is 0. The predicted molar refractivity (Wildman–Crippen MR) is 74.3 cm³/mol. The minimum atomic E-state index is -0.662. The van der Waals surface area contributed by atoms with Gasteiger partial charge >= 0.3 is 0 Å². The fourth-order valence-corrected chi connectivity index (χ4v) is 2.62. The Balaban J connectivity index is 1.80. The molecule has 1 atom stereocenters. The van der Waals surface area contributed by atoms with Gasteiger partial charge in [-0.3, -0.25) is 4.79 Å². The number of amides is 1. The highest BCUT2D eigenvalue weighted by Gasteiger charge is 2.27. The van der Waals surface area contributed by atoms with E-state index in [2.05, 4.69) is 15.4 Å². The molecule has 0 aliphatic carbocycles. The van der Waals surface area contributed by atoms with Crippen molar-refractivity contribution in [3.05, 3.63) is 23.8 Å². The maximum atomic E-state index is 12.5. The van der Waals surface area contributed by atoms with E-state index in [9.17, 15) is 9.90 Å². The number of likely N-dealkylation sites (tertiary alicyclic amines) is 1. The molecule has 6 nitrogen and oxygen atoms in total. The molecule has 1 saturated heterocycles. The molecular weight excluding hydrogens is 256 g/mol. The lowest BCUT2D eigenvalue weighted by molar-refractivity contribution is 0.0438. The summed E-state index contributed by atoms with van der Waals surface area (Å²) in [6.07, 6.45) is 2.18. The molecule has 2 heterocycles. The smallest absolute Gasteiger partial charge is 0.253 e. The molecule has 1 unspecified atom stereocenters. The molecule has 1 aromatic heterocycles. The molecule has 2 N–H and O–H groups in total. The number of fused-ring (bicyclic) bond motifs is 1. The van der Waals surface area contributed by atoms with Gasteiger partial charge in [-0.05, 0) is 44.4 Å². The van der Waals surface area contributed by atoms with Gasteiger partial charge in [0.2, 0.25) is 0 Å². The van der Waals surface area contributed by atoms with Crippen LogP contribution in [0.5, 0.6) is 0 Å². The normalized spacial score (nSPS) is 23.8. The first-order valence-electron chi connectivity index (χ1n) is 6.87. The van der Waals surface area contributed by atoms with Crippen LogP contribution in [0.4, 0.5) is 0 Å². The van der Waals surface area contributed by atoms with Crippen LogP contribution in [0.3, 0.4) is 0 Å². The zero-order valence-electron chi connectivity index (χ0n) is 11.5. The summed E-state index contributed by atoms with van der Waals surface area (Å²) in [7, 11) is 0. The van der Waals surface area contributed by atoms with Crippen LogP contribution in [0.25, 0.3) is 11.0 Å². The van der Waals surface area contributed by atoms with Crippen molar-refractivity contribution in [1.29, 1.82) is 0 Å². The van der Waals surface area contributed by atoms with Gasteiger partial charge in [0.15, 0.2) is 0 Å². The van der Waals surface area contributed by atoms with Gasteiger partial charge in [0.25, 0.3) is 5.91 Å². The Morgan fingerprint density at radius 2 is 2.10 bits per heavy atom. The number of H-pyrrole nitrogens is 1. The van der Waals surface area contributed by atoms with E-state index in [1.165, 1.54) is 0 Å². The number of aromatic nitrogens is 3. The second kappa shape index (κ2) is 4.86. The van der Waals surface area contributed by atoms with E-state index in [0.29, 0.717) is 30.6 Å². The number of carbonyl (C=O) groups excluding carboxylic acids is 1. The highest BCUT2D eigenvalue weighted by Crippen LogP contribution is 2.23. The van der Waals surface area contributed by atoms with Gasteiger partial charge in [0, 0.05) is 18.7 Å². The van der Waals surface area contributed by atoms with Crippen LogP contribution in [-0.2, 0) is 0 Å². The lowest BCUT2D eigenvalue weighted by Crippen LogP contribution is -2.33. The van der Waals surface area contributed by atoms with Crippen LogP contribution in [-0.4, -0.2) is 50.0 Å². The van der Waals surface area contributed by atoms with Gasteiger partial charge < -0.3 is 10.0 Å². The second-order valence-corrected chi connectivity index (χ2v) is 5.67. The Labute approximate surface area is 116 Å². The number of rotatable bonds is 1. The minimum Gasteiger partial charge on any atom is -0.390 e. The van der Waals surface area contributed by atoms with Gasteiger partial charge in [-0.15, -0.1) is 0 Å². The van der Waals surface area contributed by atoms with Gasteiger partial charge in [0.1, 0.15) is 11.0 Å². The van der Waals surface area contributed by atoms with Gasteiger partial charge in [-0.25, -0.2) is 0 Å². The topological polar surface area (TPSA) is 82.1 Å². The Bertz CT molecular complexity index is 635. The molecule has 3 rings (SSSR count). The van der Waals surface area contributed by atoms with Crippen LogP contribution in [0, 0.1) is 0 Å². The molecule has 1 fully saturated rings. The lowest BCUT2D eigenvalue weighted by Gasteiger charge is -2.22. The maximum Gasteiger partial charge on any atom is 0.253 e. The molecule has 6 heteroatoms. The Morgan fingerprint density at radius 1 is 1.30 bits per heavy atom. The van der Waals surface area contributed by atoms with Crippen molar-refractivity contribution in [1.82, 2.24) is 20.3 Å². The van der Waals surface area contributed by atoms with Crippen LogP contribution < -0.4 is 0 Å². The SMILES string of the molecule is CC1(O)CCCN(C(=O)c2ccc3n[nH]nc3c2)CC1. The third-order valence-electron chi connectivity index (χ3n) is 3.91. The molecule has 0 spiro atoms. The van der Waals surface area contributed by atoms with E-state index in [1.54, 1.807) is 18.2 Å². The largest absolute Gasteiger partial charge is 0.390 e. The van der Waals surface area contributed by atoms with Crippen molar-refractivity contribution < 1.29 is 9.90 Å². The average Bonchev–Trinajstić information content (AvgIpc) is 2.81. The number of hydrogen-bond acceptors (Lipinski definition) is 4. The highest BCUT2D eigenvalue weighted by atomic mass is 16.3. The van der Waals surface area contributed by atoms with Gasteiger partial charge in [-0.1, -0.05) is 0 Å². The second-order valence-electron chi connectivity index (χ2n) is 5.67. The van der Waals surface area contributed by atoms with Crippen molar-refractivity contribution in [2.75, 3.05) is 13.1 Å². The number of nitrogens with one attached hydrogen (secondary N) is 1. The standard InChI is InChI=1S/C14H18N4O2/c1-14(20)5-2-7-18(8-6-14)13(19)10-3-4-11-12(9-10)16-17-15-11/h3-4,9,20H,2,5-8H2,1H3,(H,15,16,17). The van der Waals surface area contributed by atoms with E-state index < -0.39 is 5.60 Å². The molecule has 1 aliphatic rings. The molecule has 1 aromatic carbocycles. The Morgan fingerprint density at radius 3 is 2.95 bits per heavy atom. The first kappa shape index (κ1) is 13.1. The molecule has 0 bridgehead atoms. The zero-order chi connectivity index (χ0) is 14.2. The van der Waals surface area contributed by atoms with E-state index >= 15 is 0 Å². The quantitative estimate of drug-likeness (QED) is 0.822. The van der Waals surface area contributed by atoms with Gasteiger partial charge in [0.05, 0.1) is 5.60 Å². The summed E-state index contributed by atoms with van der Waals surface area (Å²) in [6.45, 7) is 3.11. The molecule has 106 valence electrons. The summed E-state index contributed by atoms with van der Waals surface area (Å²) < 4.78 is 0. The molecule has 20 heavy (non-hydrogen) atoms. The molecule has 2 aromatic rings. The molecular formula is C14H18N4O2. The number of hydrogen-bond donors (Lipinski definition) is 2. The fourth-order valence-electron chi connectivity index (χ4n) is 2.62. The summed E-state index contributed by atoms with van der Waals surface area (Å²) in [4.78, 5) is 14.3. The van der Waals surface area contributed by atoms with Crippen molar-refractivity contribution in [2.24, 2.45) is 0 Å². The van der Waals surface area contributed by atoms with Crippen LogP contribution in [0.15, 0.2) is 18.2 Å². The van der Waals surface area contributed by atoms with E-state index in [4.69, 9.17) is 0 Å². The third-order valence-corrected chi connectivity index (χ3v) is 3.91. The first-order chi connectivity index (χ1) is 9.55. The number of aromatic amines is 1. The van der Waals surface area contributed by atoms with Crippen molar-refractivity contribution in [2.45, 2.75) is 31.8 Å². The predicted octanol–water partition coefficient (Wildman–Crippen LogP) is 1.33. The monoisotopic (exact) mass is 274 g/mol. The van der Waals surface area contributed by atoms with Gasteiger partial charge in [-0.2, -0.15) is 15.4 Å². The van der Waals surface area contributed by atoms with E-state index in [1.807, 2.05) is 11.8 Å². The third kappa shape index (κ3) is 2.51. The highest BCUT2D eigenvalue weighted by molar-refractivity contribution is 5.97. The van der Waals surface area contributed by atoms with E-state index in [0.717, 1.165) is 18.4 Å². The van der Waals surface area contributed by atoms with Crippen LogP contribution >= 0.6 is 0 Å². The first-order valence-corrected chi connectivity index (χ1v) is 6.87. The zero-order valence-corrected chi connectivity index (χ0v) is 11.5. The minimum absolute atomic E-state index is 0.00685. The summed E-state index contributed by atoms with van der Waals surface area (Å²) in [5.41, 5.74) is 1.40. The van der Waals surface area contributed by atoms with Crippen LogP contribution in [0.2, 0.25) is 0 Å². The number of aliphatic hydroxyl groups is 1. The molecule has 1 amide bonds. The van der Waals surface area contributed by atoms with Crippen LogP contribution in [0.1, 0.15) is 36.5 Å². The average molecular weight is 274 g/mol. The molecule has 0 radical (unpaired) electrons. The molecule has 0 saturated carbocycles. The van der Waals surface area contributed by atoms with Crippen molar-refractivity contribution >= 4 is 16.9 Å². The Hall–Kier alpha value is -1.95. The van der Waals surface area contributed by atoms with Crippen molar-refractivity contribution in [3.8, 4) is 0 Å². The molecule has 1 aliphatic heterocycles. The number of benzene rings is 1. The van der Waals surface area contributed by atoms with Crippen molar-refractivity contribution in [3.63, 3.8) is 0 Å². The maximum absolute atomic E-state index is 12.5. The van der Waals surface area contributed by atoms with E-state index in [-0.39, 0.29) is 5.91 Å².